The molecular formula is C27H32N6O. The SMILES string of the molecule is CC(C)c1c(-c2ccnc3[nH]ncc23)[nH]c2ccc(C3CCN(C4CCNC(=O)C4)CC3)cc12. The van der Waals surface area contributed by atoms with Crippen molar-refractivity contribution in [3.05, 3.63) is 47.8 Å². The Morgan fingerprint density at radius 3 is 2.74 bits per heavy atom. The topological polar surface area (TPSA) is 89.7 Å². The lowest BCUT2D eigenvalue weighted by atomic mass is 9.86. The molecule has 1 amide bonds. The van der Waals surface area contributed by atoms with Crippen molar-refractivity contribution in [1.82, 2.24) is 30.4 Å². The molecule has 34 heavy (non-hydrogen) atoms. The van der Waals surface area contributed by atoms with Gasteiger partial charge in [0.15, 0.2) is 5.65 Å². The molecule has 7 nitrogen and oxygen atoms in total. The number of carbonyl (C=O) groups excluding carboxylic acids is 1. The molecular weight excluding hydrogens is 424 g/mol. The van der Waals surface area contributed by atoms with Gasteiger partial charge in [-0.1, -0.05) is 19.9 Å². The number of H-pyrrole nitrogens is 2. The van der Waals surface area contributed by atoms with Gasteiger partial charge in [-0.15, -0.1) is 0 Å². The number of nitrogens with one attached hydrogen (secondary N) is 3. The average molecular weight is 457 g/mol. The van der Waals surface area contributed by atoms with Crippen LogP contribution in [0.2, 0.25) is 0 Å². The Hall–Kier alpha value is -3.19. The van der Waals surface area contributed by atoms with Gasteiger partial charge >= 0.3 is 0 Å². The molecule has 1 aromatic carbocycles. The number of nitrogens with zero attached hydrogens (tertiary/aromatic N) is 3. The third-order valence-electron chi connectivity index (χ3n) is 7.80. The zero-order valence-corrected chi connectivity index (χ0v) is 19.9. The molecule has 5 heterocycles. The number of aromatic amines is 2. The minimum atomic E-state index is 0.204. The first-order valence-electron chi connectivity index (χ1n) is 12.5. The van der Waals surface area contributed by atoms with E-state index >= 15 is 0 Å². The molecule has 4 aromatic rings. The van der Waals surface area contributed by atoms with Crippen LogP contribution in [0.3, 0.4) is 0 Å². The molecule has 3 aromatic heterocycles. The van der Waals surface area contributed by atoms with Crippen LogP contribution in [0.1, 0.15) is 62.5 Å². The van der Waals surface area contributed by atoms with E-state index in [9.17, 15) is 4.79 Å². The maximum Gasteiger partial charge on any atom is 0.221 e. The monoisotopic (exact) mass is 456 g/mol. The minimum absolute atomic E-state index is 0.204. The third-order valence-corrected chi connectivity index (χ3v) is 7.80. The number of piperidine rings is 2. The molecule has 2 aliphatic rings. The predicted molar refractivity (Wildman–Crippen MR) is 135 cm³/mol. The molecule has 3 N–H and O–H groups in total. The second kappa shape index (κ2) is 8.55. The molecule has 1 unspecified atom stereocenters. The van der Waals surface area contributed by atoms with E-state index in [1.807, 2.05) is 12.4 Å². The Morgan fingerprint density at radius 1 is 1.09 bits per heavy atom. The Labute approximate surface area is 199 Å². The lowest BCUT2D eigenvalue weighted by Crippen LogP contribution is -2.48. The van der Waals surface area contributed by atoms with Gasteiger partial charge in [0.1, 0.15) is 0 Å². The maximum absolute atomic E-state index is 11.8. The number of aromatic nitrogens is 4. The number of fused-ring (bicyclic) bond motifs is 2. The molecule has 7 heteroatoms. The van der Waals surface area contributed by atoms with E-state index in [1.165, 1.54) is 27.7 Å². The highest BCUT2D eigenvalue weighted by Crippen LogP contribution is 2.40. The number of benzene rings is 1. The van der Waals surface area contributed by atoms with Crippen LogP contribution in [-0.2, 0) is 4.79 Å². The summed E-state index contributed by atoms with van der Waals surface area (Å²) in [6.07, 6.45) is 7.74. The molecule has 6 rings (SSSR count). The highest BCUT2D eigenvalue weighted by Gasteiger charge is 2.29. The van der Waals surface area contributed by atoms with Crippen molar-refractivity contribution in [2.24, 2.45) is 0 Å². The number of carbonyl (C=O) groups is 1. The number of hydrogen-bond donors (Lipinski definition) is 3. The van der Waals surface area contributed by atoms with Crippen LogP contribution in [0, 0.1) is 0 Å². The van der Waals surface area contributed by atoms with Crippen LogP contribution in [0.4, 0.5) is 0 Å². The van der Waals surface area contributed by atoms with Crippen LogP contribution in [-0.4, -0.2) is 56.6 Å². The van der Waals surface area contributed by atoms with Gasteiger partial charge < -0.3 is 10.3 Å². The lowest BCUT2D eigenvalue weighted by molar-refractivity contribution is -0.124. The Bertz CT molecular complexity index is 1340. The molecule has 0 bridgehead atoms. The normalized spacial score (nSPS) is 20.4. The summed E-state index contributed by atoms with van der Waals surface area (Å²) in [5.74, 6) is 1.15. The van der Waals surface area contributed by atoms with Crippen molar-refractivity contribution < 1.29 is 4.79 Å². The number of rotatable bonds is 4. The van der Waals surface area contributed by atoms with Gasteiger partial charge in [-0.2, -0.15) is 5.10 Å². The molecule has 2 fully saturated rings. The Balaban J connectivity index is 1.30. The van der Waals surface area contributed by atoms with Gasteiger partial charge in [0.05, 0.1) is 11.9 Å². The maximum atomic E-state index is 11.8. The zero-order valence-electron chi connectivity index (χ0n) is 19.9. The summed E-state index contributed by atoms with van der Waals surface area (Å²) in [4.78, 5) is 22.5. The molecule has 0 aliphatic carbocycles. The highest BCUT2D eigenvalue weighted by molar-refractivity contribution is 5.98. The van der Waals surface area contributed by atoms with Gasteiger partial charge in [0.2, 0.25) is 5.91 Å². The molecule has 1 atom stereocenters. The summed E-state index contributed by atoms with van der Waals surface area (Å²) in [7, 11) is 0. The summed E-state index contributed by atoms with van der Waals surface area (Å²) in [6, 6.07) is 9.48. The van der Waals surface area contributed by atoms with Gasteiger partial charge in [-0.3, -0.25) is 14.8 Å². The fourth-order valence-electron chi connectivity index (χ4n) is 6.04. The molecule has 0 radical (unpaired) electrons. The van der Waals surface area contributed by atoms with Gasteiger partial charge in [0.25, 0.3) is 0 Å². The van der Waals surface area contributed by atoms with Gasteiger partial charge in [-0.05, 0) is 73.5 Å². The first kappa shape index (κ1) is 21.4. The second-order valence-corrected chi connectivity index (χ2v) is 10.2. The zero-order chi connectivity index (χ0) is 23.2. The van der Waals surface area contributed by atoms with Crippen molar-refractivity contribution in [2.75, 3.05) is 19.6 Å². The van der Waals surface area contributed by atoms with E-state index in [2.05, 4.69) is 68.5 Å². The molecule has 2 aliphatic heterocycles. The van der Waals surface area contributed by atoms with Crippen LogP contribution >= 0.6 is 0 Å². The Morgan fingerprint density at radius 2 is 1.94 bits per heavy atom. The van der Waals surface area contributed by atoms with Crippen molar-refractivity contribution in [1.29, 1.82) is 0 Å². The fraction of sp³-hybridized carbons (Fsp3) is 0.444. The molecule has 2 saturated heterocycles. The summed E-state index contributed by atoms with van der Waals surface area (Å²) in [5, 5.41) is 12.5. The van der Waals surface area contributed by atoms with Crippen LogP contribution in [0.25, 0.3) is 33.2 Å². The average Bonchev–Trinajstić information content (AvgIpc) is 3.48. The molecule has 0 spiro atoms. The van der Waals surface area contributed by atoms with E-state index in [1.54, 1.807) is 0 Å². The van der Waals surface area contributed by atoms with E-state index in [0.29, 0.717) is 24.3 Å². The lowest BCUT2D eigenvalue weighted by Gasteiger charge is -2.39. The third kappa shape index (κ3) is 3.68. The highest BCUT2D eigenvalue weighted by atomic mass is 16.1. The summed E-state index contributed by atoms with van der Waals surface area (Å²) in [6.45, 7) is 7.50. The number of pyridine rings is 1. The minimum Gasteiger partial charge on any atom is -0.356 e. The first-order valence-corrected chi connectivity index (χ1v) is 12.5. The fourth-order valence-corrected chi connectivity index (χ4v) is 6.04. The quantitative estimate of drug-likeness (QED) is 0.416. The van der Waals surface area contributed by atoms with Crippen molar-refractivity contribution in [3.8, 4) is 11.3 Å². The predicted octanol–water partition coefficient (Wildman–Crippen LogP) is 4.69. The van der Waals surface area contributed by atoms with Crippen LogP contribution < -0.4 is 5.32 Å². The summed E-state index contributed by atoms with van der Waals surface area (Å²) >= 11 is 0. The largest absolute Gasteiger partial charge is 0.356 e. The van der Waals surface area contributed by atoms with Crippen LogP contribution in [0.5, 0.6) is 0 Å². The van der Waals surface area contributed by atoms with Gasteiger partial charge in [0, 0.05) is 47.1 Å². The van der Waals surface area contributed by atoms with Crippen LogP contribution in [0.15, 0.2) is 36.7 Å². The number of amides is 1. The van der Waals surface area contributed by atoms with Gasteiger partial charge in [-0.25, -0.2) is 4.98 Å². The van der Waals surface area contributed by atoms with E-state index < -0.39 is 0 Å². The Kier molecular flexibility index (Phi) is 5.37. The van der Waals surface area contributed by atoms with E-state index in [-0.39, 0.29) is 5.91 Å². The standard InChI is InChI=1S/C27H32N6O/c1-16(2)25-21-13-18(17-7-11-33(12-8-17)19-5-9-28-24(34)14-19)3-4-23(21)31-26(25)20-6-10-29-27-22(20)15-30-32-27/h3-4,6,10,13,15-17,19,31H,5,7-9,11-12,14H2,1-2H3,(H,28,34)(H,29,30,32). The van der Waals surface area contributed by atoms with Crippen molar-refractivity contribution >= 4 is 27.8 Å². The molecule has 176 valence electrons. The summed E-state index contributed by atoms with van der Waals surface area (Å²) in [5.41, 5.74) is 7.10. The van der Waals surface area contributed by atoms with Crippen molar-refractivity contribution in [2.45, 2.75) is 57.4 Å². The smallest absolute Gasteiger partial charge is 0.221 e. The van der Waals surface area contributed by atoms with E-state index in [4.69, 9.17) is 0 Å². The number of hydrogen-bond acceptors (Lipinski definition) is 4. The number of likely N-dealkylation sites (tertiary alicyclic amines) is 1. The van der Waals surface area contributed by atoms with Crippen molar-refractivity contribution in [3.63, 3.8) is 0 Å². The first-order chi connectivity index (χ1) is 16.6. The summed E-state index contributed by atoms with van der Waals surface area (Å²) < 4.78 is 0. The second-order valence-electron chi connectivity index (χ2n) is 10.2. The van der Waals surface area contributed by atoms with E-state index in [0.717, 1.165) is 55.5 Å². The molecule has 0 saturated carbocycles.